The highest BCUT2D eigenvalue weighted by Gasteiger charge is 2.23. The lowest BCUT2D eigenvalue weighted by Gasteiger charge is -2.35. The Bertz CT molecular complexity index is 892. The number of hydrogen-bond acceptors (Lipinski definition) is 6. The number of piperazine rings is 1. The molecule has 31 heavy (non-hydrogen) atoms. The maximum atomic E-state index is 13.0. The van der Waals surface area contributed by atoms with Gasteiger partial charge in [0.25, 0.3) is 5.91 Å². The van der Waals surface area contributed by atoms with Gasteiger partial charge in [-0.1, -0.05) is 6.07 Å². The minimum absolute atomic E-state index is 0.0140. The number of rotatable bonds is 8. The van der Waals surface area contributed by atoms with Gasteiger partial charge in [0.2, 0.25) is 0 Å². The van der Waals surface area contributed by atoms with Crippen molar-refractivity contribution < 1.29 is 23.7 Å². The van der Waals surface area contributed by atoms with Crippen LogP contribution in [0.25, 0.3) is 0 Å². The van der Waals surface area contributed by atoms with Crippen LogP contribution in [0.2, 0.25) is 0 Å². The van der Waals surface area contributed by atoms with Gasteiger partial charge in [0, 0.05) is 38.3 Å². The lowest BCUT2D eigenvalue weighted by Crippen LogP contribution is -2.48. The summed E-state index contributed by atoms with van der Waals surface area (Å²) < 4.78 is 21.9. The van der Waals surface area contributed by atoms with E-state index >= 15 is 0 Å². The average molecular weight is 429 g/mol. The first-order chi connectivity index (χ1) is 14.9. The van der Waals surface area contributed by atoms with Crippen molar-refractivity contribution in [2.24, 2.45) is 0 Å². The molecule has 0 aliphatic carbocycles. The molecule has 1 aliphatic rings. The summed E-state index contributed by atoms with van der Waals surface area (Å²) in [6.45, 7) is 7.70. The highest BCUT2D eigenvalue weighted by molar-refractivity contribution is 5.95. The molecule has 0 bridgehead atoms. The third kappa shape index (κ3) is 5.61. The molecule has 1 aliphatic heterocycles. The Labute approximate surface area is 184 Å². The Hall–Kier alpha value is -2.93. The molecule has 1 amide bonds. The van der Waals surface area contributed by atoms with E-state index in [1.54, 1.807) is 39.5 Å². The van der Waals surface area contributed by atoms with Crippen LogP contribution in [0.3, 0.4) is 0 Å². The smallest absolute Gasteiger partial charge is 0.254 e. The Morgan fingerprint density at radius 3 is 2.06 bits per heavy atom. The number of hydrogen-bond donors (Lipinski definition) is 0. The Balaban J connectivity index is 1.60. The first kappa shape index (κ1) is 22.7. The Morgan fingerprint density at radius 2 is 1.45 bits per heavy atom. The van der Waals surface area contributed by atoms with Crippen LogP contribution in [0, 0.1) is 0 Å². The highest BCUT2D eigenvalue weighted by Crippen LogP contribution is 2.30. The molecule has 0 N–H and O–H groups in total. The molecule has 2 aromatic rings. The van der Waals surface area contributed by atoms with Gasteiger partial charge in [-0.3, -0.25) is 9.69 Å². The predicted octanol–water partition coefficient (Wildman–Crippen LogP) is 3.46. The minimum atomic E-state index is 0.0140. The molecule has 0 radical (unpaired) electrons. The molecule has 1 saturated heterocycles. The van der Waals surface area contributed by atoms with E-state index in [2.05, 4.69) is 4.90 Å². The van der Waals surface area contributed by atoms with Crippen LogP contribution < -0.4 is 18.9 Å². The van der Waals surface area contributed by atoms with E-state index < -0.39 is 0 Å². The van der Waals surface area contributed by atoms with Gasteiger partial charge in [-0.2, -0.15) is 0 Å². The van der Waals surface area contributed by atoms with Crippen molar-refractivity contribution in [3.8, 4) is 23.0 Å². The van der Waals surface area contributed by atoms with Gasteiger partial charge in [-0.05, 0) is 49.7 Å². The zero-order chi connectivity index (χ0) is 22.4. The fourth-order valence-electron chi connectivity index (χ4n) is 3.68. The van der Waals surface area contributed by atoms with Crippen molar-refractivity contribution in [3.05, 3.63) is 47.5 Å². The number of methoxy groups -OCH3 is 3. The lowest BCUT2D eigenvalue weighted by molar-refractivity contribution is 0.0628. The summed E-state index contributed by atoms with van der Waals surface area (Å²) in [6.07, 6.45) is 0.0363. The van der Waals surface area contributed by atoms with E-state index in [0.717, 1.165) is 36.7 Å². The van der Waals surface area contributed by atoms with Crippen molar-refractivity contribution >= 4 is 5.91 Å². The summed E-state index contributed by atoms with van der Waals surface area (Å²) in [5.41, 5.74) is 1.77. The largest absolute Gasteiger partial charge is 0.493 e. The molecule has 1 heterocycles. The van der Waals surface area contributed by atoms with Crippen molar-refractivity contribution in [3.63, 3.8) is 0 Å². The lowest BCUT2D eigenvalue weighted by atomic mass is 10.1. The van der Waals surface area contributed by atoms with Crippen molar-refractivity contribution in [2.45, 2.75) is 26.5 Å². The van der Waals surface area contributed by atoms with Gasteiger partial charge >= 0.3 is 0 Å². The highest BCUT2D eigenvalue weighted by atomic mass is 16.5. The van der Waals surface area contributed by atoms with Gasteiger partial charge in [-0.15, -0.1) is 0 Å². The minimum Gasteiger partial charge on any atom is -0.493 e. The zero-order valence-corrected chi connectivity index (χ0v) is 19.0. The number of carbonyl (C=O) groups excluding carboxylic acids is 1. The number of carbonyl (C=O) groups is 1. The van der Waals surface area contributed by atoms with Gasteiger partial charge in [0.1, 0.15) is 0 Å². The molecule has 7 nitrogen and oxygen atoms in total. The Kier molecular flexibility index (Phi) is 7.63. The third-order valence-electron chi connectivity index (χ3n) is 5.29. The van der Waals surface area contributed by atoms with Crippen LogP contribution in [0.4, 0.5) is 0 Å². The number of nitrogens with zero attached hydrogens (tertiary/aromatic N) is 2. The quantitative estimate of drug-likeness (QED) is 0.642. The van der Waals surface area contributed by atoms with Gasteiger partial charge < -0.3 is 23.8 Å². The van der Waals surface area contributed by atoms with Crippen LogP contribution in [-0.4, -0.2) is 69.3 Å². The number of benzene rings is 2. The third-order valence-corrected chi connectivity index (χ3v) is 5.29. The van der Waals surface area contributed by atoms with Crippen molar-refractivity contribution in [1.82, 2.24) is 9.80 Å². The van der Waals surface area contributed by atoms with Crippen LogP contribution >= 0.6 is 0 Å². The van der Waals surface area contributed by atoms with E-state index in [9.17, 15) is 4.79 Å². The fourth-order valence-corrected chi connectivity index (χ4v) is 3.68. The molecule has 3 rings (SSSR count). The predicted molar refractivity (Wildman–Crippen MR) is 119 cm³/mol. The first-order valence-electron chi connectivity index (χ1n) is 10.5. The molecule has 0 saturated carbocycles. The molecule has 0 spiro atoms. The molecule has 0 atom stereocenters. The SMILES string of the molecule is COc1ccc(CN2CCN(C(=O)c3ccc(OC(C)C)c(OC)c3)CC2)cc1OC. The summed E-state index contributed by atoms with van der Waals surface area (Å²) in [7, 11) is 4.86. The van der Waals surface area contributed by atoms with E-state index in [1.165, 1.54) is 0 Å². The van der Waals surface area contributed by atoms with E-state index in [0.29, 0.717) is 30.2 Å². The van der Waals surface area contributed by atoms with Crippen molar-refractivity contribution in [1.29, 1.82) is 0 Å². The molecule has 168 valence electrons. The molecule has 7 heteroatoms. The second kappa shape index (κ2) is 10.4. The topological polar surface area (TPSA) is 60.5 Å². The van der Waals surface area contributed by atoms with Gasteiger partial charge in [0.15, 0.2) is 23.0 Å². The zero-order valence-electron chi connectivity index (χ0n) is 19.0. The molecular formula is C24H32N2O5. The van der Waals surface area contributed by atoms with Gasteiger partial charge in [-0.25, -0.2) is 0 Å². The average Bonchev–Trinajstić information content (AvgIpc) is 2.79. The number of amides is 1. The van der Waals surface area contributed by atoms with E-state index in [1.807, 2.05) is 36.9 Å². The Morgan fingerprint density at radius 1 is 0.839 bits per heavy atom. The monoisotopic (exact) mass is 428 g/mol. The van der Waals surface area contributed by atoms with Crippen LogP contribution in [-0.2, 0) is 6.54 Å². The molecule has 1 fully saturated rings. The maximum Gasteiger partial charge on any atom is 0.254 e. The maximum absolute atomic E-state index is 13.0. The second-order valence-electron chi connectivity index (χ2n) is 7.79. The number of ether oxygens (including phenoxy) is 4. The van der Waals surface area contributed by atoms with Gasteiger partial charge in [0.05, 0.1) is 27.4 Å². The second-order valence-corrected chi connectivity index (χ2v) is 7.79. The normalized spacial score (nSPS) is 14.5. The summed E-state index contributed by atoms with van der Waals surface area (Å²) in [6, 6.07) is 11.3. The molecule has 0 aromatic heterocycles. The summed E-state index contributed by atoms with van der Waals surface area (Å²) in [5.74, 6) is 2.69. The summed E-state index contributed by atoms with van der Waals surface area (Å²) >= 11 is 0. The molecular weight excluding hydrogens is 396 g/mol. The fraction of sp³-hybridized carbons (Fsp3) is 0.458. The molecule has 0 unspecified atom stereocenters. The van der Waals surface area contributed by atoms with E-state index in [4.69, 9.17) is 18.9 Å². The summed E-state index contributed by atoms with van der Waals surface area (Å²) in [5, 5.41) is 0. The summed E-state index contributed by atoms with van der Waals surface area (Å²) in [4.78, 5) is 17.2. The van der Waals surface area contributed by atoms with E-state index in [-0.39, 0.29) is 12.0 Å². The standard InChI is InChI=1S/C24H32N2O5/c1-17(2)31-21-9-7-19(15-23(21)30-5)24(27)26-12-10-25(11-13-26)16-18-6-8-20(28-3)22(14-18)29-4/h6-9,14-15,17H,10-13,16H2,1-5H3. The van der Waals surface area contributed by atoms with Crippen LogP contribution in [0.15, 0.2) is 36.4 Å². The first-order valence-corrected chi connectivity index (χ1v) is 10.5. The van der Waals surface area contributed by atoms with Crippen LogP contribution in [0.1, 0.15) is 29.8 Å². The van der Waals surface area contributed by atoms with Crippen LogP contribution in [0.5, 0.6) is 23.0 Å². The molecule has 2 aromatic carbocycles. The van der Waals surface area contributed by atoms with Crippen molar-refractivity contribution in [2.75, 3.05) is 47.5 Å².